The first-order chi connectivity index (χ1) is 8.25. The number of hydrogen-bond acceptors (Lipinski definition) is 4. The van der Waals surface area contributed by atoms with Crippen LogP contribution >= 0.6 is 23.2 Å². The summed E-state index contributed by atoms with van der Waals surface area (Å²) >= 11 is 12.0. The first kappa shape index (κ1) is 15.3. The lowest BCUT2D eigenvalue weighted by molar-refractivity contribution is 0.274. The average Bonchev–Trinajstić information content (AvgIpc) is 2.26. The Bertz CT molecular complexity index is 415. The van der Waals surface area contributed by atoms with Gasteiger partial charge in [-0.05, 0) is 17.4 Å². The third kappa shape index (κ3) is 3.90. The molecule has 1 rings (SSSR count). The maximum Gasteiger partial charge on any atom is 0.161 e. The Morgan fingerprint density at radius 2 is 1.83 bits per heavy atom. The molecule has 4 N–H and O–H groups in total. The standard InChI is InChI=1S/C12H20Cl2N4/c1-7(12(2,3)4)6-16-10-8(13)5-9(14)11(17-10)18-15/h5,7H,6,15H2,1-4H3,(H2,16,17,18). The van der Waals surface area contributed by atoms with E-state index in [1.165, 1.54) is 0 Å². The highest BCUT2D eigenvalue weighted by Crippen LogP contribution is 2.30. The number of anilines is 2. The maximum absolute atomic E-state index is 6.08. The predicted molar refractivity (Wildman–Crippen MR) is 79.2 cm³/mol. The van der Waals surface area contributed by atoms with Gasteiger partial charge in [0.15, 0.2) is 5.82 Å². The zero-order valence-electron chi connectivity index (χ0n) is 11.1. The van der Waals surface area contributed by atoms with E-state index in [1.807, 2.05) is 0 Å². The second kappa shape index (κ2) is 5.95. The van der Waals surface area contributed by atoms with Crippen molar-refractivity contribution < 1.29 is 0 Å². The summed E-state index contributed by atoms with van der Waals surface area (Å²) in [4.78, 5) is 4.23. The highest BCUT2D eigenvalue weighted by molar-refractivity contribution is 6.37. The van der Waals surface area contributed by atoms with Crippen LogP contribution in [0.5, 0.6) is 0 Å². The van der Waals surface area contributed by atoms with Crippen molar-refractivity contribution in [2.24, 2.45) is 17.2 Å². The summed E-state index contributed by atoms with van der Waals surface area (Å²) in [7, 11) is 0. The van der Waals surface area contributed by atoms with Crippen LogP contribution < -0.4 is 16.6 Å². The molecule has 0 aliphatic rings. The quantitative estimate of drug-likeness (QED) is 0.583. The van der Waals surface area contributed by atoms with E-state index in [2.05, 4.69) is 43.4 Å². The van der Waals surface area contributed by atoms with Crippen LogP contribution in [-0.2, 0) is 0 Å². The summed E-state index contributed by atoms with van der Waals surface area (Å²) < 4.78 is 0. The molecule has 0 bridgehead atoms. The van der Waals surface area contributed by atoms with Gasteiger partial charge in [0.1, 0.15) is 5.82 Å². The van der Waals surface area contributed by atoms with Crippen LogP contribution in [0.1, 0.15) is 27.7 Å². The van der Waals surface area contributed by atoms with E-state index < -0.39 is 0 Å². The van der Waals surface area contributed by atoms with Crippen molar-refractivity contribution in [1.29, 1.82) is 0 Å². The molecule has 1 unspecified atom stereocenters. The van der Waals surface area contributed by atoms with E-state index >= 15 is 0 Å². The molecule has 0 saturated heterocycles. The molecule has 0 radical (unpaired) electrons. The third-order valence-electron chi connectivity index (χ3n) is 3.12. The fourth-order valence-corrected chi connectivity index (χ4v) is 1.73. The number of halogens is 2. The molecule has 1 heterocycles. The van der Waals surface area contributed by atoms with Crippen molar-refractivity contribution in [1.82, 2.24) is 4.98 Å². The van der Waals surface area contributed by atoms with E-state index in [0.717, 1.165) is 6.54 Å². The van der Waals surface area contributed by atoms with Gasteiger partial charge in [-0.15, -0.1) is 0 Å². The Hall–Kier alpha value is -0.710. The molecule has 4 nitrogen and oxygen atoms in total. The molecule has 6 heteroatoms. The largest absolute Gasteiger partial charge is 0.368 e. The van der Waals surface area contributed by atoms with Crippen molar-refractivity contribution in [2.45, 2.75) is 27.7 Å². The number of nitrogen functional groups attached to an aromatic ring is 1. The molecule has 102 valence electrons. The number of hydrazine groups is 1. The van der Waals surface area contributed by atoms with Crippen LogP contribution in [0.3, 0.4) is 0 Å². The highest BCUT2D eigenvalue weighted by atomic mass is 35.5. The zero-order chi connectivity index (χ0) is 13.9. The molecule has 0 aliphatic carbocycles. The van der Waals surface area contributed by atoms with Crippen molar-refractivity contribution >= 4 is 34.8 Å². The van der Waals surface area contributed by atoms with Gasteiger partial charge < -0.3 is 10.7 Å². The Balaban J connectivity index is 2.79. The first-order valence-corrected chi connectivity index (χ1v) is 6.57. The van der Waals surface area contributed by atoms with Gasteiger partial charge in [0, 0.05) is 6.54 Å². The van der Waals surface area contributed by atoms with E-state index in [9.17, 15) is 0 Å². The van der Waals surface area contributed by atoms with Crippen LogP contribution in [-0.4, -0.2) is 11.5 Å². The Kier molecular flexibility index (Phi) is 5.08. The summed E-state index contributed by atoms with van der Waals surface area (Å²) in [6.45, 7) is 9.55. The van der Waals surface area contributed by atoms with Crippen LogP contribution in [0.25, 0.3) is 0 Å². The molecule has 0 saturated carbocycles. The lowest BCUT2D eigenvalue weighted by atomic mass is 9.82. The summed E-state index contributed by atoms with van der Waals surface area (Å²) in [6.07, 6.45) is 0. The second-order valence-electron chi connectivity index (χ2n) is 5.44. The normalized spacial score (nSPS) is 13.3. The smallest absolute Gasteiger partial charge is 0.161 e. The van der Waals surface area contributed by atoms with Gasteiger partial charge in [0.05, 0.1) is 10.0 Å². The molecule has 1 atom stereocenters. The fraction of sp³-hybridized carbons (Fsp3) is 0.583. The molecule has 1 aromatic rings. The Labute approximate surface area is 118 Å². The van der Waals surface area contributed by atoms with E-state index in [4.69, 9.17) is 29.0 Å². The number of pyridine rings is 1. The summed E-state index contributed by atoms with van der Waals surface area (Å²) in [5.41, 5.74) is 2.66. The fourth-order valence-electron chi connectivity index (χ4n) is 1.25. The van der Waals surface area contributed by atoms with E-state index in [-0.39, 0.29) is 5.41 Å². The minimum Gasteiger partial charge on any atom is -0.368 e. The molecule has 0 aliphatic heterocycles. The Morgan fingerprint density at radius 1 is 1.28 bits per heavy atom. The third-order valence-corrected chi connectivity index (χ3v) is 3.70. The minimum atomic E-state index is 0.223. The number of rotatable bonds is 4. The number of hydrogen-bond donors (Lipinski definition) is 3. The number of nitrogens with two attached hydrogens (primary N) is 1. The first-order valence-electron chi connectivity index (χ1n) is 5.82. The van der Waals surface area contributed by atoms with Crippen LogP contribution in [0.2, 0.25) is 10.0 Å². The van der Waals surface area contributed by atoms with E-state index in [0.29, 0.717) is 27.6 Å². The molecule has 0 amide bonds. The van der Waals surface area contributed by atoms with Crippen molar-refractivity contribution in [3.63, 3.8) is 0 Å². The van der Waals surface area contributed by atoms with Gasteiger partial charge in [0.2, 0.25) is 0 Å². The molecule has 18 heavy (non-hydrogen) atoms. The average molecular weight is 291 g/mol. The summed E-state index contributed by atoms with van der Waals surface area (Å²) in [5, 5.41) is 4.11. The van der Waals surface area contributed by atoms with Crippen molar-refractivity contribution in [3.8, 4) is 0 Å². The highest BCUT2D eigenvalue weighted by Gasteiger charge is 2.20. The maximum atomic E-state index is 6.08. The van der Waals surface area contributed by atoms with Crippen LogP contribution in [0, 0.1) is 11.3 Å². The lowest BCUT2D eigenvalue weighted by Crippen LogP contribution is -2.25. The molecule has 0 fully saturated rings. The second-order valence-corrected chi connectivity index (χ2v) is 6.26. The minimum absolute atomic E-state index is 0.223. The van der Waals surface area contributed by atoms with Gasteiger partial charge in [-0.3, -0.25) is 0 Å². The van der Waals surface area contributed by atoms with Crippen LogP contribution in [0.15, 0.2) is 6.07 Å². The molecule has 1 aromatic heterocycles. The lowest BCUT2D eigenvalue weighted by Gasteiger charge is -2.27. The molecule has 0 aromatic carbocycles. The topological polar surface area (TPSA) is 63.0 Å². The monoisotopic (exact) mass is 290 g/mol. The van der Waals surface area contributed by atoms with Gasteiger partial charge in [-0.25, -0.2) is 10.8 Å². The number of nitrogens with zero attached hydrogens (tertiary/aromatic N) is 1. The summed E-state index contributed by atoms with van der Waals surface area (Å²) in [6, 6.07) is 1.62. The molecule has 0 spiro atoms. The van der Waals surface area contributed by atoms with Crippen LogP contribution in [0.4, 0.5) is 11.6 Å². The Morgan fingerprint density at radius 3 is 2.33 bits per heavy atom. The van der Waals surface area contributed by atoms with Crippen molar-refractivity contribution in [3.05, 3.63) is 16.1 Å². The summed E-state index contributed by atoms with van der Waals surface area (Å²) in [5.74, 6) is 6.80. The zero-order valence-corrected chi connectivity index (χ0v) is 12.7. The van der Waals surface area contributed by atoms with Gasteiger partial charge >= 0.3 is 0 Å². The SMILES string of the molecule is CC(CNc1nc(NN)c(Cl)cc1Cl)C(C)(C)C. The molecular formula is C12H20Cl2N4. The van der Waals surface area contributed by atoms with Gasteiger partial charge in [0.25, 0.3) is 0 Å². The predicted octanol–water partition coefficient (Wildman–Crippen LogP) is 3.77. The van der Waals surface area contributed by atoms with Gasteiger partial charge in [-0.2, -0.15) is 0 Å². The number of nitrogens with one attached hydrogen (secondary N) is 2. The van der Waals surface area contributed by atoms with Gasteiger partial charge in [-0.1, -0.05) is 50.9 Å². The van der Waals surface area contributed by atoms with E-state index in [1.54, 1.807) is 6.07 Å². The van der Waals surface area contributed by atoms with Crippen molar-refractivity contribution in [2.75, 3.05) is 17.3 Å². The molecular weight excluding hydrogens is 271 g/mol. The number of aromatic nitrogens is 1.